The Hall–Kier alpha value is -1.32. The molecule has 0 amide bonds. The van der Waals surface area contributed by atoms with Gasteiger partial charge in [0.25, 0.3) is 0 Å². The summed E-state index contributed by atoms with van der Waals surface area (Å²) in [4.78, 5) is 1.48. The highest BCUT2D eigenvalue weighted by Gasteiger charge is 2.12. The lowest BCUT2D eigenvalue weighted by molar-refractivity contribution is 0.694. The van der Waals surface area contributed by atoms with Gasteiger partial charge in [0.05, 0.1) is 0 Å². The highest BCUT2D eigenvalue weighted by atomic mass is 32.1. The molecule has 0 fully saturated rings. The molecule has 3 heteroatoms. The molecule has 2 nitrogen and oxygen atoms in total. The zero-order chi connectivity index (χ0) is 13.8. The van der Waals surface area contributed by atoms with Crippen LogP contribution in [0.15, 0.2) is 29.6 Å². The third kappa shape index (κ3) is 2.89. The molecule has 1 aromatic heterocycles. The lowest BCUT2D eigenvalue weighted by Gasteiger charge is -2.21. The highest BCUT2D eigenvalue weighted by molar-refractivity contribution is 7.10. The van der Waals surface area contributed by atoms with Crippen LogP contribution in [-0.2, 0) is 25.9 Å². The lowest BCUT2D eigenvalue weighted by Crippen LogP contribution is -2.18. The Morgan fingerprint density at radius 2 is 2.15 bits per heavy atom. The van der Waals surface area contributed by atoms with Crippen molar-refractivity contribution >= 4 is 17.0 Å². The van der Waals surface area contributed by atoms with Gasteiger partial charge >= 0.3 is 0 Å². The summed E-state index contributed by atoms with van der Waals surface area (Å²) in [5, 5.41) is 9.36. The Morgan fingerprint density at radius 1 is 1.20 bits per heavy atom. The van der Waals surface area contributed by atoms with E-state index in [2.05, 4.69) is 47.2 Å². The quantitative estimate of drug-likeness (QED) is 0.869. The molecular formula is C17H22N2S. The van der Waals surface area contributed by atoms with Crippen molar-refractivity contribution in [1.82, 2.24) is 5.32 Å². The third-order valence-corrected chi connectivity index (χ3v) is 4.94. The fraction of sp³-hybridized carbons (Fsp3) is 0.412. The highest BCUT2D eigenvalue weighted by Crippen LogP contribution is 2.26. The molecule has 2 aromatic rings. The molecule has 0 bridgehead atoms. The van der Waals surface area contributed by atoms with E-state index in [0.29, 0.717) is 0 Å². The van der Waals surface area contributed by atoms with E-state index in [1.54, 1.807) is 0 Å². The third-order valence-electron chi connectivity index (χ3n) is 3.98. The molecule has 2 N–H and O–H groups in total. The van der Waals surface area contributed by atoms with E-state index in [1.165, 1.54) is 40.1 Å². The van der Waals surface area contributed by atoms with Crippen LogP contribution in [0.4, 0.5) is 5.69 Å². The summed E-state index contributed by atoms with van der Waals surface area (Å²) in [6.45, 7) is 5.25. The SMILES string of the molecule is CCc1ccsc1CNCc1cccc2c1NCCC2. The van der Waals surface area contributed by atoms with E-state index in [1.807, 2.05) is 11.3 Å². The van der Waals surface area contributed by atoms with Crippen molar-refractivity contribution in [1.29, 1.82) is 0 Å². The van der Waals surface area contributed by atoms with E-state index in [-0.39, 0.29) is 0 Å². The molecule has 0 unspecified atom stereocenters. The van der Waals surface area contributed by atoms with Crippen LogP contribution in [0.5, 0.6) is 0 Å². The minimum atomic E-state index is 0.942. The minimum Gasteiger partial charge on any atom is -0.385 e. The maximum atomic E-state index is 3.60. The monoisotopic (exact) mass is 286 g/mol. The number of thiophene rings is 1. The average Bonchev–Trinajstić information content (AvgIpc) is 2.95. The Morgan fingerprint density at radius 3 is 3.05 bits per heavy atom. The Labute approximate surface area is 125 Å². The summed E-state index contributed by atoms with van der Waals surface area (Å²) in [7, 11) is 0. The van der Waals surface area contributed by atoms with E-state index >= 15 is 0 Å². The number of anilines is 1. The second-order valence-electron chi connectivity index (χ2n) is 5.31. The van der Waals surface area contributed by atoms with Crippen LogP contribution in [0.1, 0.15) is 34.9 Å². The molecule has 0 saturated carbocycles. The van der Waals surface area contributed by atoms with E-state index < -0.39 is 0 Å². The normalized spacial score (nSPS) is 13.8. The number of rotatable bonds is 5. The van der Waals surface area contributed by atoms with Crippen molar-refractivity contribution in [2.45, 2.75) is 39.3 Å². The number of aryl methyl sites for hydroxylation is 2. The number of para-hydroxylation sites is 1. The second-order valence-corrected chi connectivity index (χ2v) is 6.31. The molecule has 0 atom stereocenters. The van der Waals surface area contributed by atoms with Crippen molar-refractivity contribution in [3.8, 4) is 0 Å². The van der Waals surface area contributed by atoms with Crippen molar-refractivity contribution in [3.63, 3.8) is 0 Å². The summed E-state index contributed by atoms with van der Waals surface area (Å²) in [6.07, 6.45) is 3.59. The van der Waals surface area contributed by atoms with Gasteiger partial charge in [0, 0.05) is 30.2 Å². The van der Waals surface area contributed by atoms with Crippen LogP contribution < -0.4 is 10.6 Å². The molecule has 1 aromatic carbocycles. The van der Waals surface area contributed by atoms with Crippen LogP contribution in [-0.4, -0.2) is 6.54 Å². The minimum absolute atomic E-state index is 0.942. The number of nitrogens with one attached hydrogen (secondary N) is 2. The average molecular weight is 286 g/mol. The summed E-state index contributed by atoms with van der Waals surface area (Å²) in [5.74, 6) is 0. The van der Waals surface area contributed by atoms with Crippen molar-refractivity contribution < 1.29 is 0 Å². The topological polar surface area (TPSA) is 24.1 Å². The fourth-order valence-electron chi connectivity index (χ4n) is 2.88. The Bertz CT molecular complexity index is 574. The van der Waals surface area contributed by atoms with E-state index in [4.69, 9.17) is 0 Å². The summed E-state index contributed by atoms with van der Waals surface area (Å²) < 4.78 is 0. The van der Waals surface area contributed by atoms with Gasteiger partial charge in [-0.1, -0.05) is 25.1 Å². The zero-order valence-electron chi connectivity index (χ0n) is 12.0. The van der Waals surface area contributed by atoms with Crippen molar-refractivity contribution in [2.24, 2.45) is 0 Å². The van der Waals surface area contributed by atoms with Gasteiger partial charge < -0.3 is 10.6 Å². The zero-order valence-corrected chi connectivity index (χ0v) is 12.9. The molecule has 1 aliphatic heterocycles. The van der Waals surface area contributed by atoms with Gasteiger partial charge in [-0.15, -0.1) is 11.3 Å². The maximum absolute atomic E-state index is 3.60. The second kappa shape index (κ2) is 6.42. The lowest BCUT2D eigenvalue weighted by atomic mass is 9.99. The molecular weight excluding hydrogens is 264 g/mol. The summed E-state index contributed by atoms with van der Waals surface area (Å²) >= 11 is 1.86. The number of hydrogen-bond acceptors (Lipinski definition) is 3. The molecule has 0 aliphatic carbocycles. The molecule has 106 valence electrons. The first-order chi connectivity index (χ1) is 9.88. The first kappa shape index (κ1) is 13.7. The predicted molar refractivity (Wildman–Crippen MR) is 87.5 cm³/mol. The number of fused-ring (bicyclic) bond motifs is 1. The summed E-state index contributed by atoms with van der Waals surface area (Å²) in [6, 6.07) is 8.91. The Balaban J connectivity index is 1.64. The van der Waals surface area contributed by atoms with Gasteiger partial charge in [-0.2, -0.15) is 0 Å². The van der Waals surface area contributed by atoms with Crippen LogP contribution in [0.2, 0.25) is 0 Å². The van der Waals surface area contributed by atoms with Crippen LogP contribution in [0.25, 0.3) is 0 Å². The fourth-order valence-corrected chi connectivity index (χ4v) is 3.82. The smallest absolute Gasteiger partial charge is 0.0418 e. The van der Waals surface area contributed by atoms with Crippen LogP contribution in [0, 0.1) is 0 Å². The standard InChI is InChI=1S/C17H22N2S/c1-2-13-8-10-20-16(13)12-18-11-15-6-3-5-14-7-4-9-19-17(14)15/h3,5-6,8,10,18-19H,2,4,7,9,11-12H2,1H3. The number of hydrogen-bond donors (Lipinski definition) is 2. The van der Waals surface area contributed by atoms with Gasteiger partial charge in [-0.3, -0.25) is 0 Å². The molecule has 1 aliphatic rings. The van der Waals surface area contributed by atoms with Gasteiger partial charge in [-0.05, 0) is 47.4 Å². The maximum Gasteiger partial charge on any atom is 0.0418 e. The predicted octanol–water partition coefficient (Wildman–Crippen LogP) is 3.96. The van der Waals surface area contributed by atoms with Crippen molar-refractivity contribution in [2.75, 3.05) is 11.9 Å². The van der Waals surface area contributed by atoms with Crippen LogP contribution in [0.3, 0.4) is 0 Å². The molecule has 0 radical (unpaired) electrons. The van der Waals surface area contributed by atoms with E-state index in [9.17, 15) is 0 Å². The molecule has 20 heavy (non-hydrogen) atoms. The first-order valence-electron chi connectivity index (χ1n) is 7.49. The van der Waals surface area contributed by atoms with Crippen LogP contribution >= 0.6 is 11.3 Å². The van der Waals surface area contributed by atoms with Gasteiger partial charge in [0.2, 0.25) is 0 Å². The number of benzene rings is 1. The summed E-state index contributed by atoms with van der Waals surface area (Å²) in [5.41, 5.74) is 5.72. The molecule has 2 heterocycles. The van der Waals surface area contributed by atoms with Crippen molar-refractivity contribution in [3.05, 3.63) is 51.2 Å². The Kier molecular flexibility index (Phi) is 4.38. The van der Waals surface area contributed by atoms with E-state index in [0.717, 1.165) is 26.1 Å². The van der Waals surface area contributed by atoms with Gasteiger partial charge in [0.1, 0.15) is 0 Å². The molecule has 0 spiro atoms. The van der Waals surface area contributed by atoms with Gasteiger partial charge in [-0.25, -0.2) is 0 Å². The van der Waals surface area contributed by atoms with Gasteiger partial charge in [0.15, 0.2) is 0 Å². The first-order valence-corrected chi connectivity index (χ1v) is 8.37. The molecule has 3 rings (SSSR count). The molecule has 0 saturated heterocycles. The largest absolute Gasteiger partial charge is 0.385 e.